The third-order valence-electron chi connectivity index (χ3n) is 2.87. The summed E-state index contributed by atoms with van der Waals surface area (Å²) in [6.07, 6.45) is 2.92. The van der Waals surface area contributed by atoms with Crippen molar-refractivity contribution in [2.75, 3.05) is 0 Å². The molecule has 1 heterocycles. The second-order valence-electron chi connectivity index (χ2n) is 3.39. The van der Waals surface area contributed by atoms with Crippen LogP contribution in [0.3, 0.4) is 0 Å². The highest BCUT2D eigenvalue weighted by Crippen LogP contribution is 2.37. The van der Waals surface area contributed by atoms with E-state index in [9.17, 15) is 0 Å². The summed E-state index contributed by atoms with van der Waals surface area (Å²) in [5.74, 6) is 1.98. The van der Waals surface area contributed by atoms with Crippen LogP contribution in [-0.4, -0.2) is 6.71 Å². The second kappa shape index (κ2) is 2.12. The van der Waals surface area contributed by atoms with Gasteiger partial charge < -0.3 is 0 Å². The maximum Gasteiger partial charge on any atom is 0.142 e. The van der Waals surface area contributed by atoms with E-state index < -0.39 is 0 Å². The molecule has 1 saturated heterocycles. The van der Waals surface area contributed by atoms with E-state index in [1.165, 1.54) is 12.8 Å². The van der Waals surface area contributed by atoms with Crippen LogP contribution in [0.1, 0.15) is 26.7 Å². The van der Waals surface area contributed by atoms with E-state index in [0.717, 1.165) is 18.3 Å². The van der Waals surface area contributed by atoms with Gasteiger partial charge in [-0.25, -0.2) is 0 Å². The molecule has 46 valence electrons. The molecule has 0 spiro atoms. The smallest absolute Gasteiger partial charge is 0.0857 e. The van der Waals surface area contributed by atoms with Crippen LogP contribution in [-0.2, 0) is 0 Å². The summed E-state index contributed by atoms with van der Waals surface area (Å²) in [5, 5.41) is 0. The summed E-state index contributed by atoms with van der Waals surface area (Å²) in [6.45, 7) is 8.10. The van der Waals surface area contributed by atoms with Crippen molar-refractivity contribution >= 4 is 6.71 Å². The van der Waals surface area contributed by atoms with Gasteiger partial charge in [0.2, 0.25) is 0 Å². The lowest BCUT2D eigenvalue weighted by Crippen LogP contribution is -2.10. The van der Waals surface area contributed by atoms with E-state index in [-0.39, 0.29) is 0 Å². The lowest BCUT2D eigenvalue weighted by Gasteiger charge is -2.07. The predicted molar refractivity (Wildman–Crippen MR) is 39.7 cm³/mol. The van der Waals surface area contributed by atoms with Gasteiger partial charge in [0, 0.05) is 0 Å². The van der Waals surface area contributed by atoms with Crippen LogP contribution < -0.4 is 0 Å². The van der Waals surface area contributed by atoms with E-state index >= 15 is 0 Å². The standard InChI is InChI=1S/C7H15B/c1-6-4-5-7(2)8(6)3/h6-7H,4-5H2,1-3H3/t6-,7-/m1/s1. The highest BCUT2D eigenvalue weighted by molar-refractivity contribution is 6.61. The molecule has 0 saturated carbocycles. The van der Waals surface area contributed by atoms with Gasteiger partial charge in [0.15, 0.2) is 0 Å². The lowest BCUT2D eigenvalue weighted by molar-refractivity contribution is 0.765. The molecule has 0 aromatic rings. The zero-order valence-corrected chi connectivity index (χ0v) is 6.15. The molecule has 0 N–H and O–H groups in total. The molecular formula is C7H15B. The van der Waals surface area contributed by atoms with E-state index in [1.54, 1.807) is 0 Å². The van der Waals surface area contributed by atoms with E-state index in [1.807, 2.05) is 0 Å². The molecule has 0 unspecified atom stereocenters. The number of hydrogen-bond donors (Lipinski definition) is 0. The quantitative estimate of drug-likeness (QED) is 0.420. The summed E-state index contributed by atoms with van der Waals surface area (Å²) in [4.78, 5) is 0. The number of rotatable bonds is 0. The van der Waals surface area contributed by atoms with Gasteiger partial charge in [0.05, 0.1) is 0 Å². The molecule has 0 radical (unpaired) electrons. The maximum absolute atomic E-state index is 2.38. The Bertz CT molecular complexity index is 70.5. The van der Waals surface area contributed by atoms with E-state index in [0.29, 0.717) is 0 Å². The van der Waals surface area contributed by atoms with Gasteiger partial charge in [-0.1, -0.05) is 45.1 Å². The van der Waals surface area contributed by atoms with Gasteiger partial charge in [-0.2, -0.15) is 0 Å². The first kappa shape index (κ1) is 6.19. The third kappa shape index (κ3) is 0.912. The van der Waals surface area contributed by atoms with Crippen LogP contribution in [0.5, 0.6) is 0 Å². The molecule has 0 bridgehead atoms. The average Bonchev–Trinajstić information content (AvgIpc) is 1.98. The van der Waals surface area contributed by atoms with Crippen LogP contribution >= 0.6 is 0 Å². The molecular weight excluding hydrogens is 94.9 g/mol. The molecule has 8 heavy (non-hydrogen) atoms. The lowest BCUT2D eigenvalue weighted by atomic mass is 9.40. The molecule has 1 aliphatic heterocycles. The zero-order valence-electron chi connectivity index (χ0n) is 6.15. The Hall–Kier alpha value is 0.0649. The Labute approximate surface area is 52.7 Å². The van der Waals surface area contributed by atoms with Gasteiger partial charge in [-0.15, -0.1) is 0 Å². The van der Waals surface area contributed by atoms with Gasteiger partial charge in [-0.05, 0) is 0 Å². The van der Waals surface area contributed by atoms with E-state index in [2.05, 4.69) is 20.7 Å². The highest BCUT2D eigenvalue weighted by Gasteiger charge is 2.28. The van der Waals surface area contributed by atoms with Crippen molar-refractivity contribution in [1.82, 2.24) is 0 Å². The topological polar surface area (TPSA) is 0 Å². The Morgan fingerprint density at radius 1 is 1.12 bits per heavy atom. The molecule has 1 rings (SSSR count). The van der Waals surface area contributed by atoms with Gasteiger partial charge >= 0.3 is 0 Å². The van der Waals surface area contributed by atoms with Crippen LogP contribution in [0.15, 0.2) is 0 Å². The first-order chi connectivity index (χ1) is 3.72. The maximum atomic E-state index is 2.38. The van der Waals surface area contributed by atoms with Crippen molar-refractivity contribution in [3.8, 4) is 0 Å². The van der Waals surface area contributed by atoms with Gasteiger partial charge in [0.1, 0.15) is 6.71 Å². The van der Waals surface area contributed by atoms with Gasteiger partial charge in [-0.3, -0.25) is 0 Å². The number of hydrogen-bond acceptors (Lipinski definition) is 0. The molecule has 2 atom stereocenters. The molecule has 0 aromatic heterocycles. The fraction of sp³-hybridized carbons (Fsp3) is 1.00. The Morgan fingerprint density at radius 2 is 1.50 bits per heavy atom. The normalized spacial score (nSPS) is 38.6. The molecule has 0 nitrogen and oxygen atoms in total. The third-order valence-corrected chi connectivity index (χ3v) is 2.87. The van der Waals surface area contributed by atoms with Crippen molar-refractivity contribution in [3.05, 3.63) is 0 Å². The van der Waals surface area contributed by atoms with Crippen LogP contribution in [0.25, 0.3) is 0 Å². The molecule has 0 aromatic carbocycles. The Morgan fingerprint density at radius 3 is 1.62 bits per heavy atom. The molecule has 1 fully saturated rings. The first-order valence-corrected chi connectivity index (χ1v) is 3.72. The summed E-state index contributed by atoms with van der Waals surface area (Å²) >= 11 is 0. The van der Waals surface area contributed by atoms with Crippen molar-refractivity contribution in [2.24, 2.45) is 0 Å². The minimum Gasteiger partial charge on any atom is -0.0857 e. The second-order valence-corrected chi connectivity index (χ2v) is 3.39. The average molecular weight is 110 g/mol. The van der Waals surface area contributed by atoms with Crippen molar-refractivity contribution in [3.63, 3.8) is 0 Å². The monoisotopic (exact) mass is 110 g/mol. The zero-order chi connectivity index (χ0) is 6.15. The van der Waals surface area contributed by atoms with Crippen molar-refractivity contribution in [1.29, 1.82) is 0 Å². The Kier molecular flexibility index (Phi) is 1.64. The minimum atomic E-state index is 0.981. The fourth-order valence-corrected chi connectivity index (χ4v) is 1.61. The SMILES string of the molecule is CB1[C@H](C)CC[C@H]1C. The van der Waals surface area contributed by atoms with Gasteiger partial charge in [0.25, 0.3) is 0 Å². The predicted octanol–water partition coefficient (Wildman–Crippen LogP) is 2.69. The highest BCUT2D eigenvalue weighted by atomic mass is 14.1. The minimum absolute atomic E-state index is 0.981. The van der Waals surface area contributed by atoms with Crippen molar-refractivity contribution < 1.29 is 0 Å². The van der Waals surface area contributed by atoms with Crippen molar-refractivity contribution in [2.45, 2.75) is 45.1 Å². The first-order valence-electron chi connectivity index (χ1n) is 3.72. The molecule has 0 amide bonds. The molecule has 1 heteroatoms. The summed E-state index contributed by atoms with van der Waals surface area (Å²) in [5.41, 5.74) is 0. The summed E-state index contributed by atoms with van der Waals surface area (Å²) in [7, 11) is 0. The summed E-state index contributed by atoms with van der Waals surface area (Å²) in [6, 6.07) is 0. The molecule has 1 aliphatic rings. The fourth-order valence-electron chi connectivity index (χ4n) is 1.61. The molecule has 0 aliphatic carbocycles. The van der Waals surface area contributed by atoms with Crippen LogP contribution in [0.2, 0.25) is 18.5 Å². The van der Waals surface area contributed by atoms with Crippen LogP contribution in [0.4, 0.5) is 0 Å². The largest absolute Gasteiger partial charge is 0.142 e. The van der Waals surface area contributed by atoms with Crippen LogP contribution in [0, 0.1) is 0 Å². The summed E-state index contributed by atoms with van der Waals surface area (Å²) < 4.78 is 0. The Balaban J connectivity index is 2.44. The van der Waals surface area contributed by atoms with E-state index in [4.69, 9.17) is 0 Å².